The molecule has 28 heavy (non-hydrogen) atoms. The first-order valence-electron chi connectivity index (χ1n) is 9.95. The van der Waals surface area contributed by atoms with Gasteiger partial charge in [0.05, 0.1) is 5.56 Å². The molecule has 0 aromatic heterocycles. The molecule has 0 fully saturated rings. The SMILES string of the molecule is CC1=[N+](c2ccc(C(C)(C)C)cc2)C(C)Oc2c1cccc2-c1ccccc1. The van der Waals surface area contributed by atoms with Gasteiger partial charge in [0.15, 0.2) is 5.71 Å². The van der Waals surface area contributed by atoms with E-state index in [2.05, 4.69) is 106 Å². The van der Waals surface area contributed by atoms with E-state index in [1.165, 1.54) is 16.8 Å². The fourth-order valence-electron chi connectivity index (χ4n) is 3.95. The van der Waals surface area contributed by atoms with Crippen LogP contribution < -0.4 is 4.74 Å². The molecular weight excluding hydrogens is 342 g/mol. The minimum Gasteiger partial charge on any atom is -0.432 e. The zero-order valence-electron chi connectivity index (χ0n) is 17.4. The van der Waals surface area contributed by atoms with E-state index in [9.17, 15) is 0 Å². The van der Waals surface area contributed by atoms with Crippen molar-refractivity contribution in [1.29, 1.82) is 0 Å². The van der Waals surface area contributed by atoms with Gasteiger partial charge >= 0.3 is 0 Å². The van der Waals surface area contributed by atoms with Crippen LogP contribution in [0.4, 0.5) is 5.69 Å². The summed E-state index contributed by atoms with van der Waals surface area (Å²) in [6.07, 6.45) is -0.0714. The Bertz CT molecular complexity index is 1020. The minimum atomic E-state index is -0.0714. The van der Waals surface area contributed by atoms with Gasteiger partial charge in [-0.25, -0.2) is 0 Å². The molecular formula is C26H28NO+. The molecule has 0 amide bonds. The molecule has 0 saturated carbocycles. The van der Waals surface area contributed by atoms with Crippen LogP contribution in [0.2, 0.25) is 0 Å². The van der Waals surface area contributed by atoms with E-state index in [0.29, 0.717) is 0 Å². The first-order chi connectivity index (χ1) is 13.4. The van der Waals surface area contributed by atoms with Crippen molar-refractivity contribution in [3.8, 4) is 16.9 Å². The largest absolute Gasteiger partial charge is 0.432 e. The quantitative estimate of drug-likeness (QED) is 0.466. The lowest BCUT2D eigenvalue weighted by molar-refractivity contribution is -0.526. The summed E-state index contributed by atoms with van der Waals surface area (Å²) in [5.74, 6) is 0.973. The molecule has 0 N–H and O–H groups in total. The molecule has 0 spiro atoms. The van der Waals surface area contributed by atoms with Gasteiger partial charge in [0, 0.05) is 31.5 Å². The molecule has 4 rings (SSSR count). The summed E-state index contributed by atoms with van der Waals surface area (Å²) in [6, 6.07) is 25.7. The fourth-order valence-corrected chi connectivity index (χ4v) is 3.95. The normalized spacial score (nSPS) is 16.5. The molecule has 3 aromatic carbocycles. The van der Waals surface area contributed by atoms with Crippen molar-refractivity contribution < 1.29 is 9.31 Å². The van der Waals surface area contributed by atoms with Crippen LogP contribution in [0.15, 0.2) is 72.8 Å². The molecule has 2 heteroatoms. The van der Waals surface area contributed by atoms with Crippen LogP contribution in [0.25, 0.3) is 11.1 Å². The molecule has 1 unspecified atom stereocenters. The van der Waals surface area contributed by atoms with E-state index in [4.69, 9.17) is 4.74 Å². The van der Waals surface area contributed by atoms with Gasteiger partial charge in [-0.3, -0.25) is 0 Å². The highest BCUT2D eigenvalue weighted by atomic mass is 16.5. The van der Waals surface area contributed by atoms with Crippen molar-refractivity contribution in [2.45, 2.75) is 46.3 Å². The Hall–Kier alpha value is -2.87. The summed E-state index contributed by atoms with van der Waals surface area (Å²) in [7, 11) is 0. The molecule has 0 radical (unpaired) electrons. The predicted octanol–water partition coefficient (Wildman–Crippen LogP) is 6.54. The standard InChI is InChI=1S/C26H28NO/c1-18-23-12-9-13-24(20-10-7-6-8-11-20)25(23)28-19(2)27(18)22-16-14-21(15-17-22)26(3,4)5/h6-17,19H,1-5H3/q+1. The van der Waals surface area contributed by atoms with Crippen LogP contribution >= 0.6 is 0 Å². The van der Waals surface area contributed by atoms with E-state index >= 15 is 0 Å². The highest BCUT2D eigenvalue weighted by Crippen LogP contribution is 2.38. The fraction of sp³-hybridized carbons (Fsp3) is 0.269. The molecule has 142 valence electrons. The van der Waals surface area contributed by atoms with Crippen molar-refractivity contribution >= 4 is 11.4 Å². The number of nitrogens with zero attached hydrogens (tertiary/aromatic N) is 1. The Kier molecular flexibility index (Phi) is 4.58. The predicted molar refractivity (Wildman–Crippen MR) is 117 cm³/mol. The van der Waals surface area contributed by atoms with E-state index in [1.807, 2.05) is 6.07 Å². The Morgan fingerprint density at radius 3 is 2.07 bits per heavy atom. The average Bonchev–Trinajstić information content (AvgIpc) is 2.68. The lowest BCUT2D eigenvalue weighted by Gasteiger charge is -2.25. The number of para-hydroxylation sites is 1. The average molecular weight is 371 g/mol. The Morgan fingerprint density at radius 2 is 1.43 bits per heavy atom. The molecule has 0 saturated heterocycles. The smallest absolute Gasteiger partial charge is 0.299 e. The van der Waals surface area contributed by atoms with E-state index in [0.717, 1.165) is 22.6 Å². The maximum atomic E-state index is 6.46. The van der Waals surface area contributed by atoms with Crippen molar-refractivity contribution in [2.75, 3.05) is 0 Å². The molecule has 1 aliphatic rings. The van der Waals surface area contributed by atoms with Crippen molar-refractivity contribution in [3.05, 3.63) is 83.9 Å². The maximum absolute atomic E-state index is 6.46. The molecule has 1 aliphatic heterocycles. The van der Waals surface area contributed by atoms with Crippen LogP contribution in [0, 0.1) is 0 Å². The van der Waals surface area contributed by atoms with Gasteiger partial charge in [-0.15, -0.1) is 0 Å². The first kappa shape index (κ1) is 18.5. The molecule has 3 aromatic rings. The van der Waals surface area contributed by atoms with Crippen LogP contribution in [-0.4, -0.2) is 16.5 Å². The van der Waals surface area contributed by atoms with Gasteiger partial charge in [0.2, 0.25) is 5.69 Å². The van der Waals surface area contributed by atoms with Gasteiger partial charge in [0.1, 0.15) is 5.75 Å². The second-order valence-electron chi connectivity index (χ2n) is 8.52. The van der Waals surface area contributed by atoms with Gasteiger partial charge < -0.3 is 4.74 Å². The molecule has 1 atom stereocenters. The number of hydrogen-bond donors (Lipinski definition) is 0. The van der Waals surface area contributed by atoms with Gasteiger partial charge in [0.25, 0.3) is 6.23 Å². The number of rotatable bonds is 2. The van der Waals surface area contributed by atoms with E-state index in [1.54, 1.807) is 0 Å². The van der Waals surface area contributed by atoms with Crippen LogP contribution in [0.5, 0.6) is 5.75 Å². The second kappa shape index (κ2) is 6.94. The molecule has 2 nitrogen and oxygen atoms in total. The Morgan fingerprint density at radius 1 is 0.786 bits per heavy atom. The maximum Gasteiger partial charge on any atom is 0.299 e. The van der Waals surface area contributed by atoms with Crippen LogP contribution in [-0.2, 0) is 5.41 Å². The zero-order valence-corrected chi connectivity index (χ0v) is 17.4. The van der Waals surface area contributed by atoms with Crippen LogP contribution in [0.1, 0.15) is 45.7 Å². The summed E-state index contributed by atoms with van der Waals surface area (Å²) in [6.45, 7) is 11.0. The highest BCUT2D eigenvalue weighted by molar-refractivity contribution is 6.01. The topological polar surface area (TPSA) is 12.2 Å². The monoisotopic (exact) mass is 370 g/mol. The highest BCUT2D eigenvalue weighted by Gasteiger charge is 2.33. The van der Waals surface area contributed by atoms with Crippen molar-refractivity contribution in [1.82, 2.24) is 0 Å². The summed E-state index contributed by atoms with van der Waals surface area (Å²) in [5, 5.41) is 0. The number of fused-ring (bicyclic) bond motifs is 1. The van der Waals surface area contributed by atoms with E-state index in [-0.39, 0.29) is 11.6 Å². The minimum absolute atomic E-state index is 0.0714. The summed E-state index contributed by atoms with van der Waals surface area (Å²) in [5.41, 5.74) is 7.35. The van der Waals surface area contributed by atoms with Gasteiger partial charge in [-0.05, 0) is 22.6 Å². The lowest BCUT2D eigenvalue weighted by atomic mass is 9.87. The summed E-state index contributed by atoms with van der Waals surface area (Å²) >= 11 is 0. The third kappa shape index (κ3) is 3.24. The zero-order chi connectivity index (χ0) is 19.9. The summed E-state index contributed by atoms with van der Waals surface area (Å²) < 4.78 is 8.74. The molecule has 1 heterocycles. The number of ether oxygens (including phenoxy) is 1. The first-order valence-corrected chi connectivity index (χ1v) is 9.95. The van der Waals surface area contributed by atoms with Gasteiger partial charge in [-0.2, -0.15) is 4.58 Å². The Labute approximate surface area is 168 Å². The van der Waals surface area contributed by atoms with Crippen molar-refractivity contribution in [2.24, 2.45) is 0 Å². The van der Waals surface area contributed by atoms with Gasteiger partial charge in [-0.1, -0.05) is 75.4 Å². The van der Waals surface area contributed by atoms with E-state index < -0.39 is 0 Å². The number of hydrogen-bond acceptors (Lipinski definition) is 1. The third-order valence-electron chi connectivity index (χ3n) is 5.51. The van der Waals surface area contributed by atoms with Crippen LogP contribution in [0.3, 0.4) is 0 Å². The van der Waals surface area contributed by atoms with Crippen molar-refractivity contribution in [3.63, 3.8) is 0 Å². The third-order valence-corrected chi connectivity index (χ3v) is 5.51. The lowest BCUT2D eigenvalue weighted by Crippen LogP contribution is -2.34. The molecule has 0 aliphatic carbocycles. The summed E-state index contributed by atoms with van der Waals surface area (Å²) in [4.78, 5) is 0. The second-order valence-corrected chi connectivity index (χ2v) is 8.52. The number of benzene rings is 3. The Balaban J connectivity index is 1.82. The molecule has 0 bridgehead atoms.